The Hall–Kier alpha value is -3.41. The molecule has 1 amide bonds. The summed E-state index contributed by atoms with van der Waals surface area (Å²) >= 11 is 0. The zero-order valence-corrected chi connectivity index (χ0v) is 16.1. The fraction of sp³-hybridized carbons (Fsp3) is 0.227. The molecule has 2 N–H and O–H groups in total. The third-order valence-corrected chi connectivity index (χ3v) is 4.33. The smallest absolute Gasteiger partial charge is 0.251 e. The van der Waals surface area contributed by atoms with Crippen LogP contribution in [0, 0.1) is 6.92 Å². The maximum atomic E-state index is 12.7. The fourth-order valence-corrected chi connectivity index (χ4v) is 2.86. The van der Waals surface area contributed by atoms with Gasteiger partial charge in [0.05, 0.1) is 18.8 Å². The summed E-state index contributed by atoms with van der Waals surface area (Å²) in [7, 11) is 0. The number of hydrogen-bond acceptors (Lipinski definition) is 5. The lowest BCUT2D eigenvalue weighted by Gasteiger charge is -2.14. The largest absolute Gasteiger partial charge is 0.478 e. The van der Waals surface area contributed by atoms with Crippen molar-refractivity contribution < 1.29 is 9.53 Å². The van der Waals surface area contributed by atoms with E-state index in [1.165, 1.54) is 0 Å². The lowest BCUT2D eigenvalue weighted by atomic mass is 10.1. The average molecular weight is 376 g/mol. The first-order valence-corrected chi connectivity index (χ1v) is 9.27. The molecule has 1 aromatic carbocycles. The number of carbonyl (C=O) groups is 1. The van der Waals surface area contributed by atoms with Gasteiger partial charge in [-0.25, -0.2) is 4.98 Å². The number of carbonyl (C=O) groups excluding carboxylic acids is 1. The van der Waals surface area contributed by atoms with Crippen LogP contribution in [-0.4, -0.2) is 22.5 Å². The summed E-state index contributed by atoms with van der Waals surface area (Å²) < 4.78 is 5.51. The van der Waals surface area contributed by atoms with E-state index in [9.17, 15) is 4.79 Å². The van der Waals surface area contributed by atoms with Crippen LogP contribution < -0.4 is 15.4 Å². The van der Waals surface area contributed by atoms with Crippen LogP contribution in [0.15, 0.2) is 60.9 Å². The van der Waals surface area contributed by atoms with Crippen molar-refractivity contribution in [1.29, 1.82) is 0 Å². The molecule has 0 spiro atoms. The molecule has 144 valence electrons. The van der Waals surface area contributed by atoms with E-state index in [2.05, 4.69) is 20.6 Å². The molecule has 0 saturated heterocycles. The van der Waals surface area contributed by atoms with E-state index in [1.54, 1.807) is 12.4 Å². The van der Waals surface area contributed by atoms with Crippen LogP contribution in [0.5, 0.6) is 5.88 Å². The predicted molar refractivity (Wildman–Crippen MR) is 109 cm³/mol. The quantitative estimate of drug-likeness (QED) is 0.627. The molecular weight excluding hydrogens is 352 g/mol. The lowest BCUT2D eigenvalue weighted by molar-refractivity contribution is 0.0950. The van der Waals surface area contributed by atoms with Gasteiger partial charge < -0.3 is 15.4 Å². The Labute approximate surface area is 165 Å². The molecule has 6 heteroatoms. The number of anilines is 1. The molecule has 3 rings (SSSR count). The van der Waals surface area contributed by atoms with Gasteiger partial charge in [0.1, 0.15) is 0 Å². The fourth-order valence-electron chi connectivity index (χ4n) is 2.86. The van der Waals surface area contributed by atoms with Crippen LogP contribution in [0.1, 0.15) is 34.1 Å². The molecule has 0 fully saturated rings. The molecule has 0 saturated carbocycles. The Morgan fingerprint density at radius 3 is 2.64 bits per heavy atom. The van der Waals surface area contributed by atoms with Gasteiger partial charge in [0.2, 0.25) is 5.88 Å². The predicted octanol–water partition coefficient (Wildman–Crippen LogP) is 3.73. The van der Waals surface area contributed by atoms with E-state index in [4.69, 9.17) is 4.74 Å². The first-order chi connectivity index (χ1) is 13.7. The molecule has 28 heavy (non-hydrogen) atoms. The summed E-state index contributed by atoms with van der Waals surface area (Å²) in [4.78, 5) is 21.2. The van der Waals surface area contributed by atoms with Crippen LogP contribution in [0.2, 0.25) is 0 Å². The number of benzene rings is 1. The van der Waals surface area contributed by atoms with Crippen molar-refractivity contribution in [2.45, 2.75) is 26.9 Å². The second-order valence-corrected chi connectivity index (χ2v) is 6.24. The van der Waals surface area contributed by atoms with Gasteiger partial charge in [0.15, 0.2) is 0 Å². The minimum Gasteiger partial charge on any atom is -0.478 e. The van der Waals surface area contributed by atoms with Crippen molar-refractivity contribution in [3.05, 3.63) is 83.3 Å². The average Bonchev–Trinajstić information content (AvgIpc) is 2.73. The summed E-state index contributed by atoms with van der Waals surface area (Å²) in [5.74, 6) is 0.415. The van der Waals surface area contributed by atoms with Gasteiger partial charge in [-0.2, -0.15) is 0 Å². The molecule has 0 aliphatic heterocycles. The van der Waals surface area contributed by atoms with Gasteiger partial charge >= 0.3 is 0 Å². The number of amides is 1. The standard InChI is InChI=1S/C22H24N4O2/c1-3-28-22-17(8-7-13-24-22)14-26-21(27)19-10-6-11-20(16(19)2)25-15-18-9-4-5-12-23-18/h4-13,25H,3,14-15H2,1-2H3,(H,26,27). The Morgan fingerprint density at radius 2 is 1.86 bits per heavy atom. The number of nitrogens with one attached hydrogen (secondary N) is 2. The Morgan fingerprint density at radius 1 is 1.00 bits per heavy atom. The molecule has 2 aromatic heterocycles. The summed E-state index contributed by atoms with van der Waals surface area (Å²) in [5.41, 5.74) is 4.23. The van der Waals surface area contributed by atoms with Crippen LogP contribution in [0.4, 0.5) is 5.69 Å². The monoisotopic (exact) mass is 376 g/mol. The van der Waals surface area contributed by atoms with Gasteiger partial charge in [-0.05, 0) is 49.7 Å². The Balaban J connectivity index is 1.67. The molecule has 2 heterocycles. The SMILES string of the molecule is CCOc1ncccc1CNC(=O)c1cccc(NCc2ccccn2)c1C. The number of aromatic nitrogens is 2. The Bertz CT molecular complexity index is 929. The van der Waals surface area contributed by atoms with Crippen molar-refractivity contribution in [2.75, 3.05) is 11.9 Å². The summed E-state index contributed by atoms with van der Waals surface area (Å²) in [6.45, 7) is 5.32. The van der Waals surface area contributed by atoms with Crippen LogP contribution in [0.3, 0.4) is 0 Å². The highest BCUT2D eigenvalue weighted by Gasteiger charge is 2.13. The molecule has 0 radical (unpaired) electrons. The molecule has 0 aliphatic carbocycles. The van der Waals surface area contributed by atoms with Crippen LogP contribution in [-0.2, 0) is 13.1 Å². The first-order valence-electron chi connectivity index (χ1n) is 9.27. The van der Waals surface area contributed by atoms with E-state index in [0.717, 1.165) is 22.5 Å². The van der Waals surface area contributed by atoms with Crippen molar-refractivity contribution >= 4 is 11.6 Å². The zero-order valence-electron chi connectivity index (χ0n) is 16.1. The maximum absolute atomic E-state index is 12.7. The third kappa shape index (κ3) is 4.85. The highest BCUT2D eigenvalue weighted by Crippen LogP contribution is 2.20. The number of ether oxygens (including phenoxy) is 1. The zero-order chi connectivity index (χ0) is 19.8. The van der Waals surface area contributed by atoms with Crippen molar-refractivity contribution in [1.82, 2.24) is 15.3 Å². The third-order valence-electron chi connectivity index (χ3n) is 4.33. The first kappa shape index (κ1) is 19.4. The highest BCUT2D eigenvalue weighted by atomic mass is 16.5. The summed E-state index contributed by atoms with van der Waals surface area (Å²) in [6.07, 6.45) is 3.44. The second-order valence-electron chi connectivity index (χ2n) is 6.24. The summed E-state index contributed by atoms with van der Waals surface area (Å²) in [5, 5.41) is 6.31. The van der Waals surface area contributed by atoms with Crippen molar-refractivity contribution in [2.24, 2.45) is 0 Å². The molecule has 0 atom stereocenters. The van der Waals surface area contributed by atoms with Gasteiger partial charge in [-0.1, -0.05) is 18.2 Å². The number of hydrogen-bond donors (Lipinski definition) is 2. The van der Waals surface area contributed by atoms with E-state index >= 15 is 0 Å². The van der Waals surface area contributed by atoms with Gasteiger partial charge in [0, 0.05) is 35.8 Å². The van der Waals surface area contributed by atoms with Gasteiger partial charge in [-0.3, -0.25) is 9.78 Å². The van der Waals surface area contributed by atoms with E-state index in [-0.39, 0.29) is 5.91 Å². The highest BCUT2D eigenvalue weighted by molar-refractivity contribution is 5.97. The van der Waals surface area contributed by atoms with Crippen molar-refractivity contribution in [3.63, 3.8) is 0 Å². The van der Waals surface area contributed by atoms with Crippen LogP contribution in [0.25, 0.3) is 0 Å². The number of pyridine rings is 2. The second kappa shape index (κ2) is 9.50. The van der Waals surface area contributed by atoms with Crippen LogP contribution >= 0.6 is 0 Å². The minimum atomic E-state index is -0.134. The summed E-state index contributed by atoms with van der Waals surface area (Å²) in [6, 6.07) is 15.2. The molecular formula is C22H24N4O2. The van der Waals surface area contributed by atoms with Gasteiger partial charge in [0.25, 0.3) is 5.91 Å². The topological polar surface area (TPSA) is 76.1 Å². The number of nitrogens with zero attached hydrogens (tertiary/aromatic N) is 2. The molecule has 0 bridgehead atoms. The van der Waals surface area contributed by atoms with E-state index in [1.807, 2.05) is 62.4 Å². The molecule has 6 nitrogen and oxygen atoms in total. The molecule has 3 aromatic rings. The van der Waals surface area contributed by atoms with Crippen molar-refractivity contribution in [3.8, 4) is 5.88 Å². The van der Waals surface area contributed by atoms with E-state index < -0.39 is 0 Å². The Kier molecular flexibility index (Phi) is 6.57. The normalized spacial score (nSPS) is 10.4. The number of rotatable bonds is 8. The van der Waals surface area contributed by atoms with Gasteiger partial charge in [-0.15, -0.1) is 0 Å². The lowest BCUT2D eigenvalue weighted by Crippen LogP contribution is -2.24. The molecule has 0 unspecified atom stereocenters. The minimum absolute atomic E-state index is 0.134. The molecule has 0 aliphatic rings. The van der Waals surface area contributed by atoms with E-state index in [0.29, 0.717) is 31.1 Å². The maximum Gasteiger partial charge on any atom is 0.251 e.